The van der Waals surface area contributed by atoms with Crippen LogP contribution in [0.4, 0.5) is 4.79 Å². The minimum absolute atomic E-state index is 0.0527. The van der Waals surface area contributed by atoms with E-state index < -0.39 is 0 Å². The van der Waals surface area contributed by atoms with Gasteiger partial charge < -0.3 is 15.4 Å². The van der Waals surface area contributed by atoms with Crippen molar-refractivity contribution in [1.29, 1.82) is 0 Å². The van der Waals surface area contributed by atoms with Crippen LogP contribution in [0.1, 0.15) is 89.5 Å². The lowest BCUT2D eigenvalue weighted by Gasteiger charge is -2.19. The topological polar surface area (TPSA) is 67.4 Å². The molecule has 0 aromatic heterocycles. The highest BCUT2D eigenvalue weighted by atomic mass is 32.2. The van der Waals surface area contributed by atoms with E-state index in [1.165, 1.54) is 44.9 Å². The first-order valence-corrected chi connectivity index (χ1v) is 14.8. The molecule has 35 heavy (non-hydrogen) atoms. The Morgan fingerprint density at radius 2 is 1.57 bits per heavy atom. The summed E-state index contributed by atoms with van der Waals surface area (Å²) in [5.41, 5.74) is 1.01. The van der Waals surface area contributed by atoms with Gasteiger partial charge in [-0.1, -0.05) is 82.2 Å². The molecule has 2 rings (SSSR count). The van der Waals surface area contributed by atoms with Crippen molar-refractivity contribution in [1.82, 2.24) is 10.6 Å². The number of hydrogen-bond donors (Lipinski definition) is 2. The van der Waals surface area contributed by atoms with E-state index in [9.17, 15) is 9.59 Å². The lowest BCUT2D eigenvalue weighted by atomic mass is 9.96. The van der Waals surface area contributed by atoms with Crippen LogP contribution in [0.3, 0.4) is 0 Å². The quantitative estimate of drug-likeness (QED) is 0.268. The van der Waals surface area contributed by atoms with Crippen LogP contribution in [0.15, 0.2) is 36.4 Å². The zero-order chi connectivity index (χ0) is 25.0. The minimum atomic E-state index is -0.269. The highest BCUT2D eigenvalue weighted by molar-refractivity contribution is 7.99. The Balaban J connectivity index is 1.50. The number of rotatable bonds is 10. The first kappa shape index (κ1) is 29.3. The first-order chi connectivity index (χ1) is 17.1. The van der Waals surface area contributed by atoms with Crippen molar-refractivity contribution >= 4 is 29.8 Å². The lowest BCUT2D eigenvalue weighted by Crippen LogP contribution is -2.30. The van der Waals surface area contributed by atoms with Gasteiger partial charge in [0.2, 0.25) is 5.91 Å². The molecule has 6 heteroatoms. The number of hydrogen-bond acceptors (Lipinski definition) is 4. The van der Waals surface area contributed by atoms with E-state index >= 15 is 0 Å². The fourth-order valence-electron chi connectivity index (χ4n) is 4.37. The van der Waals surface area contributed by atoms with Crippen molar-refractivity contribution in [2.75, 3.05) is 24.6 Å². The standard InChI is InChI=1S/C29H46N2O3S/c1-25-13-7-4-2-3-5-10-17-27(18-11-14-25)34-29(33)31-21-12-23-35-24-22-30-28(32)20-19-26-15-8-6-9-16-26/h6,8-9,15-16,19-20,25,27H,2-5,7,10-14,17-18,21-24H2,1H3,(H,30,32)(H,31,33)/b20-19+. The number of alkyl carbamates (subject to hydrolysis) is 1. The van der Waals surface area contributed by atoms with Gasteiger partial charge in [0, 0.05) is 24.9 Å². The summed E-state index contributed by atoms with van der Waals surface area (Å²) in [6.07, 6.45) is 17.5. The Labute approximate surface area is 217 Å². The van der Waals surface area contributed by atoms with E-state index in [-0.39, 0.29) is 18.1 Å². The third-order valence-corrected chi connectivity index (χ3v) is 7.55. The lowest BCUT2D eigenvalue weighted by molar-refractivity contribution is -0.116. The summed E-state index contributed by atoms with van der Waals surface area (Å²) in [5, 5.41) is 5.83. The maximum Gasteiger partial charge on any atom is 0.407 e. The zero-order valence-corrected chi connectivity index (χ0v) is 22.5. The van der Waals surface area contributed by atoms with Gasteiger partial charge in [0.25, 0.3) is 0 Å². The van der Waals surface area contributed by atoms with Crippen LogP contribution >= 0.6 is 11.8 Å². The van der Waals surface area contributed by atoms with Crippen LogP contribution in [0.25, 0.3) is 6.08 Å². The van der Waals surface area contributed by atoms with Crippen molar-refractivity contribution in [2.45, 2.75) is 90.1 Å². The monoisotopic (exact) mass is 502 g/mol. The summed E-state index contributed by atoms with van der Waals surface area (Å²) in [4.78, 5) is 24.1. The molecular formula is C29H46N2O3S. The van der Waals surface area contributed by atoms with Gasteiger partial charge in [-0.25, -0.2) is 4.79 Å². The Morgan fingerprint density at radius 3 is 2.37 bits per heavy atom. The molecule has 1 saturated carbocycles. The summed E-state index contributed by atoms with van der Waals surface area (Å²) in [6, 6.07) is 9.79. The molecule has 0 aliphatic heterocycles. The predicted octanol–water partition coefficient (Wildman–Crippen LogP) is 6.97. The largest absolute Gasteiger partial charge is 0.446 e. The Hall–Kier alpha value is -1.95. The van der Waals surface area contributed by atoms with Crippen LogP contribution < -0.4 is 10.6 Å². The van der Waals surface area contributed by atoms with Crippen molar-refractivity contribution in [2.24, 2.45) is 5.92 Å². The molecule has 0 spiro atoms. The van der Waals surface area contributed by atoms with Crippen LogP contribution in [-0.2, 0) is 9.53 Å². The number of amides is 2. The molecule has 1 aromatic carbocycles. The maximum atomic E-state index is 12.3. The molecule has 0 radical (unpaired) electrons. The molecule has 0 saturated heterocycles. The number of thioether (sulfide) groups is 1. The highest BCUT2D eigenvalue weighted by Crippen LogP contribution is 2.22. The van der Waals surface area contributed by atoms with E-state index in [0.29, 0.717) is 13.1 Å². The molecule has 1 fully saturated rings. The van der Waals surface area contributed by atoms with Gasteiger partial charge >= 0.3 is 6.09 Å². The average Bonchev–Trinajstić information content (AvgIpc) is 2.87. The number of carbonyl (C=O) groups is 2. The maximum absolute atomic E-state index is 12.3. The van der Waals surface area contributed by atoms with Gasteiger partial charge in [-0.3, -0.25) is 4.79 Å². The Kier molecular flexibility index (Phi) is 16.1. The summed E-state index contributed by atoms with van der Waals surface area (Å²) < 4.78 is 5.78. The van der Waals surface area contributed by atoms with Crippen LogP contribution in [0.2, 0.25) is 0 Å². The minimum Gasteiger partial charge on any atom is -0.446 e. The summed E-state index contributed by atoms with van der Waals surface area (Å²) in [7, 11) is 0. The van der Waals surface area contributed by atoms with Gasteiger partial charge in [0.05, 0.1) is 0 Å². The molecule has 1 aliphatic rings. The predicted molar refractivity (Wildman–Crippen MR) is 149 cm³/mol. The molecular weight excluding hydrogens is 456 g/mol. The smallest absolute Gasteiger partial charge is 0.407 e. The SMILES string of the molecule is CC1CCCCCCCCC(OC(=O)NCCCSCCNC(=O)/C=C/c2ccccc2)CCC1. The second-order valence-electron chi connectivity index (χ2n) is 9.69. The van der Waals surface area contributed by atoms with Crippen molar-refractivity contribution in [3.05, 3.63) is 42.0 Å². The molecule has 1 aliphatic carbocycles. The number of carbonyl (C=O) groups excluding carboxylic acids is 2. The van der Waals surface area contributed by atoms with E-state index in [1.54, 1.807) is 17.8 Å². The summed E-state index contributed by atoms with van der Waals surface area (Å²) in [6.45, 7) is 3.62. The Morgan fingerprint density at radius 1 is 0.886 bits per heavy atom. The van der Waals surface area contributed by atoms with Crippen molar-refractivity contribution in [3.63, 3.8) is 0 Å². The highest BCUT2D eigenvalue weighted by Gasteiger charge is 2.15. The van der Waals surface area contributed by atoms with E-state index in [2.05, 4.69) is 17.6 Å². The average molecular weight is 503 g/mol. The molecule has 2 unspecified atom stereocenters. The summed E-state index contributed by atoms with van der Waals surface area (Å²) in [5.74, 6) is 2.50. The van der Waals surface area contributed by atoms with Gasteiger partial charge in [0.1, 0.15) is 6.10 Å². The molecule has 5 nitrogen and oxygen atoms in total. The number of nitrogens with one attached hydrogen (secondary N) is 2. The van der Waals surface area contributed by atoms with Gasteiger partial charge in [0.15, 0.2) is 0 Å². The fraction of sp³-hybridized carbons (Fsp3) is 0.655. The number of ether oxygens (including phenoxy) is 1. The molecule has 2 N–H and O–H groups in total. The molecule has 1 aromatic rings. The second kappa shape index (κ2) is 19.3. The van der Waals surface area contributed by atoms with Crippen LogP contribution in [0, 0.1) is 5.92 Å². The molecule has 2 atom stereocenters. The third kappa shape index (κ3) is 15.6. The third-order valence-electron chi connectivity index (χ3n) is 6.48. The normalized spacial score (nSPS) is 20.3. The van der Waals surface area contributed by atoms with Gasteiger partial charge in [-0.05, 0) is 55.4 Å². The molecule has 2 amide bonds. The molecule has 196 valence electrons. The van der Waals surface area contributed by atoms with E-state index in [0.717, 1.165) is 55.1 Å². The van der Waals surface area contributed by atoms with Gasteiger partial charge in [-0.2, -0.15) is 11.8 Å². The molecule has 0 bridgehead atoms. The molecule has 0 heterocycles. The Bertz CT molecular complexity index is 726. The zero-order valence-electron chi connectivity index (χ0n) is 21.6. The van der Waals surface area contributed by atoms with Crippen LogP contribution in [-0.4, -0.2) is 42.7 Å². The van der Waals surface area contributed by atoms with Crippen molar-refractivity contribution < 1.29 is 14.3 Å². The number of benzene rings is 1. The fourth-order valence-corrected chi connectivity index (χ4v) is 5.17. The van der Waals surface area contributed by atoms with Gasteiger partial charge in [-0.15, -0.1) is 0 Å². The van der Waals surface area contributed by atoms with E-state index in [1.807, 2.05) is 36.4 Å². The van der Waals surface area contributed by atoms with Crippen molar-refractivity contribution in [3.8, 4) is 0 Å². The summed E-state index contributed by atoms with van der Waals surface area (Å²) >= 11 is 1.78. The second-order valence-corrected chi connectivity index (χ2v) is 10.9. The van der Waals surface area contributed by atoms with E-state index in [4.69, 9.17) is 4.74 Å². The first-order valence-electron chi connectivity index (χ1n) is 13.7. The van der Waals surface area contributed by atoms with Crippen LogP contribution in [0.5, 0.6) is 0 Å².